The molecule has 0 unspecified atom stereocenters. The van der Waals surface area contributed by atoms with E-state index in [1.165, 1.54) is 36.7 Å². The van der Waals surface area contributed by atoms with Crippen molar-refractivity contribution in [2.75, 3.05) is 0 Å². The Morgan fingerprint density at radius 1 is 0.778 bits per heavy atom. The van der Waals surface area contributed by atoms with Crippen molar-refractivity contribution >= 4 is 48.1 Å². The van der Waals surface area contributed by atoms with Crippen LogP contribution in [0.3, 0.4) is 0 Å². The summed E-state index contributed by atoms with van der Waals surface area (Å²) in [5, 5.41) is 2.80. The molecule has 0 saturated carbocycles. The van der Waals surface area contributed by atoms with E-state index in [-0.39, 0.29) is 0 Å². The highest BCUT2D eigenvalue weighted by Crippen LogP contribution is 2.41. The number of benzene rings is 1. The fourth-order valence-corrected chi connectivity index (χ4v) is 4.24. The van der Waals surface area contributed by atoms with Crippen LogP contribution in [0, 0.1) is 0 Å². The molecule has 4 heterocycles. The SMILES string of the molecule is c1ccc2c(c1)sc1c2c2ccc3cccc1n32. The van der Waals surface area contributed by atoms with E-state index in [1.54, 1.807) is 0 Å². The number of pyridine rings is 1. The standard InChI is InChI=1S/C16H9NS/c1-2-7-14-11(5-1)15-12-9-8-10-4-3-6-13(17(10)12)16(15)18-14/h1-9H. The quantitative estimate of drug-likeness (QED) is 0.366. The monoisotopic (exact) mass is 247 g/mol. The van der Waals surface area contributed by atoms with E-state index in [0.29, 0.717) is 0 Å². The van der Waals surface area contributed by atoms with Gasteiger partial charge in [-0.05, 0) is 30.3 Å². The van der Waals surface area contributed by atoms with Gasteiger partial charge in [-0.2, -0.15) is 0 Å². The molecular formula is C16H9NS. The zero-order chi connectivity index (χ0) is 11.7. The van der Waals surface area contributed by atoms with Crippen molar-refractivity contribution in [1.29, 1.82) is 0 Å². The average Bonchev–Trinajstić information content (AvgIpc) is 3.05. The molecule has 0 atom stereocenters. The van der Waals surface area contributed by atoms with Crippen LogP contribution in [0.5, 0.6) is 0 Å². The summed E-state index contributed by atoms with van der Waals surface area (Å²) in [4.78, 5) is 0. The number of thiophene rings is 1. The number of nitrogens with zero attached hydrogens (tertiary/aromatic N) is 1. The van der Waals surface area contributed by atoms with Crippen LogP contribution in [0.15, 0.2) is 54.6 Å². The summed E-state index contributed by atoms with van der Waals surface area (Å²) in [7, 11) is 0. The van der Waals surface area contributed by atoms with Crippen molar-refractivity contribution in [3.8, 4) is 0 Å². The first-order valence-electron chi connectivity index (χ1n) is 6.06. The van der Waals surface area contributed by atoms with E-state index in [4.69, 9.17) is 0 Å². The highest BCUT2D eigenvalue weighted by Gasteiger charge is 2.15. The minimum Gasteiger partial charge on any atom is -0.308 e. The summed E-state index contributed by atoms with van der Waals surface area (Å²) in [6.07, 6.45) is 0. The Balaban J connectivity index is 2.27. The van der Waals surface area contributed by atoms with Gasteiger partial charge in [0.25, 0.3) is 0 Å². The molecular weight excluding hydrogens is 238 g/mol. The minimum atomic E-state index is 1.29. The third-order valence-electron chi connectivity index (χ3n) is 3.76. The summed E-state index contributed by atoms with van der Waals surface area (Å²) >= 11 is 1.90. The minimum absolute atomic E-state index is 1.29. The largest absolute Gasteiger partial charge is 0.308 e. The van der Waals surface area contributed by atoms with Gasteiger partial charge in [-0.15, -0.1) is 11.3 Å². The van der Waals surface area contributed by atoms with E-state index in [0.717, 1.165) is 0 Å². The second kappa shape index (κ2) is 2.85. The van der Waals surface area contributed by atoms with Gasteiger partial charge in [0.05, 0.1) is 15.7 Å². The lowest BCUT2D eigenvalue weighted by Gasteiger charge is -1.95. The first-order chi connectivity index (χ1) is 8.93. The zero-order valence-electron chi connectivity index (χ0n) is 9.55. The van der Waals surface area contributed by atoms with Crippen LogP contribution in [0.25, 0.3) is 36.7 Å². The van der Waals surface area contributed by atoms with Gasteiger partial charge in [-0.25, -0.2) is 0 Å². The van der Waals surface area contributed by atoms with E-state index >= 15 is 0 Å². The summed E-state index contributed by atoms with van der Waals surface area (Å²) in [5.74, 6) is 0. The lowest BCUT2D eigenvalue weighted by Crippen LogP contribution is -1.79. The molecule has 0 N–H and O–H groups in total. The van der Waals surface area contributed by atoms with Crippen LogP contribution >= 0.6 is 11.3 Å². The molecule has 0 fully saturated rings. The van der Waals surface area contributed by atoms with Gasteiger partial charge in [0, 0.05) is 21.0 Å². The zero-order valence-corrected chi connectivity index (χ0v) is 10.4. The first-order valence-corrected chi connectivity index (χ1v) is 6.88. The molecule has 1 aromatic carbocycles. The van der Waals surface area contributed by atoms with E-state index < -0.39 is 0 Å². The molecule has 0 amide bonds. The summed E-state index contributed by atoms with van der Waals surface area (Å²) in [5.41, 5.74) is 3.96. The molecule has 0 spiro atoms. The number of fused-ring (bicyclic) bond motifs is 5. The topological polar surface area (TPSA) is 4.41 Å². The molecule has 2 heteroatoms. The van der Waals surface area contributed by atoms with Gasteiger partial charge in [-0.1, -0.05) is 24.3 Å². The predicted molar refractivity (Wildman–Crippen MR) is 79.0 cm³/mol. The van der Waals surface area contributed by atoms with E-state index in [2.05, 4.69) is 59.0 Å². The lowest BCUT2D eigenvalue weighted by molar-refractivity contribution is 1.36. The van der Waals surface area contributed by atoms with E-state index in [9.17, 15) is 0 Å². The summed E-state index contributed by atoms with van der Waals surface area (Å²) in [6.45, 7) is 0. The molecule has 5 aromatic rings. The lowest BCUT2D eigenvalue weighted by atomic mass is 10.2. The maximum absolute atomic E-state index is 2.37. The van der Waals surface area contributed by atoms with E-state index in [1.807, 2.05) is 11.3 Å². The molecule has 0 aliphatic carbocycles. The Labute approximate surface area is 107 Å². The molecule has 18 heavy (non-hydrogen) atoms. The fourth-order valence-electron chi connectivity index (χ4n) is 3.02. The molecule has 0 aliphatic heterocycles. The smallest absolute Gasteiger partial charge is 0.0641 e. The van der Waals surface area contributed by atoms with Gasteiger partial charge in [0.15, 0.2) is 0 Å². The molecule has 5 rings (SSSR count). The predicted octanol–water partition coefficient (Wildman–Crippen LogP) is 4.90. The normalized spacial score (nSPS) is 12.4. The Kier molecular flexibility index (Phi) is 1.41. The molecule has 0 saturated heterocycles. The Hall–Kier alpha value is -2.06. The van der Waals surface area contributed by atoms with Crippen molar-refractivity contribution in [2.24, 2.45) is 0 Å². The maximum atomic E-state index is 2.37. The van der Waals surface area contributed by atoms with Gasteiger partial charge < -0.3 is 4.40 Å². The Bertz CT molecular complexity index is 1020. The van der Waals surface area contributed by atoms with Gasteiger partial charge >= 0.3 is 0 Å². The molecule has 1 nitrogen and oxygen atoms in total. The summed E-state index contributed by atoms with van der Waals surface area (Å²) < 4.78 is 5.16. The Morgan fingerprint density at radius 3 is 2.72 bits per heavy atom. The average molecular weight is 247 g/mol. The molecule has 0 radical (unpaired) electrons. The van der Waals surface area contributed by atoms with Crippen molar-refractivity contribution in [3.05, 3.63) is 54.6 Å². The van der Waals surface area contributed by atoms with Crippen molar-refractivity contribution in [2.45, 2.75) is 0 Å². The number of hydrogen-bond acceptors (Lipinski definition) is 1. The Morgan fingerprint density at radius 2 is 1.72 bits per heavy atom. The van der Waals surface area contributed by atoms with Crippen LogP contribution in [0.2, 0.25) is 0 Å². The molecule has 0 aliphatic rings. The van der Waals surface area contributed by atoms with Crippen molar-refractivity contribution in [1.82, 2.24) is 4.40 Å². The van der Waals surface area contributed by atoms with Crippen LogP contribution < -0.4 is 0 Å². The second-order valence-corrected chi connectivity index (χ2v) is 5.74. The molecule has 84 valence electrons. The number of rotatable bonds is 0. The highest BCUT2D eigenvalue weighted by molar-refractivity contribution is 7.26. The van der Waals surface area contributed by atoms with Crippen LogP contribution in [-0.4, -0.2) is 4.40 Å². The van der Waals surface area contributed by atoms with Crippen LogP contribution in [0.1, 0.15) is 0 Å². The number of hydrogen-bond donors (Lipinski definition) is 0. The van der Waals surface area contributed by atoms with Gasteiger partial charge in [-0.3, -0.25) is 0 Å². The third-order valence-corrected chi connectivity index (χ3v) is 4.95. The van der Waals surface area contributed by atoms with Crippen LogP contribution in [-0.2, 0) is 0 Å². The third kappa shape index (κ3) is 0.865. The van der Waals surface area contributed by atoms with Gasteiger partial charge in [0.2, 0.25) is 0 Å². The van der Waals surface area contributed by atoms with Crippen molar-refractivity contribution < 1.29 is 0 Å². The fraction of sp³-hybridized carbons (Fsp3) is 0. The second-order valence-electron chi connectivity index (χ2n) is 4.69. The highest BCUT2D eigenvalue weighted by atomic mass is 32.1. The summed E-state index contributed by atoms with van der Waals surface area (Å²) in [6, 6.07) is 19.7. The molecule has 0 bridgehead atoms. The molecule has 4 aromatic heterocycles. The van der Waals surface area contributed by atoms with Gasteiger partial charge in [0.1, 0.15) is 0 Å². The number of aromatic nitrogens is 1. The first kappa shape index (κ1) is 8.95. The van der Waals surface area contributed by atoms with Crippen LogP contribution in [0.4, 0.5) is 0 Å². The maximum Gasteiger partial charge on any atom is 0.0641 e. The van der Waals surface area contributed by atoms with Crippen molar-refractivity contribution in [3.63, 3.8) is 0 Å².